The maximum Gasteiger partial charge on any atom is 0.289 e. The first-order chi connectivity index (χ1) is 13.0. The van der Waals surface area contributed by atoms with Crippen molar-refractivity contribution in [3.8, 4) is 0 Å². The molecule has 1 aromatic carbocycles. The van der Waals surface area contributed by atoms with Gasteiger partial charge in [0.15, 0.2) is 5.89 Å². The highest BCUT2D eigenvalue weighted by atomic mass is 32.2. The highest BCUT2D eigenvalue weighted by Crippen LogP contribution is 2.30. The molecular formula is C20H25N3O3S. The van der Waals surface area contributed by atoms with E-state index in [0.717, 1.165) is 23.4 Å². The van der Waals surface area contributed by atoms with E-state index in [2.05, 4.69) is 15.6 Å². The summed E-state index contributed by atoms with van der Waals surface area (Å²) in [6.45, 7) is 3.70. The Morgan fingerprint density at radius 3 is 2.78 bits per heavy atom. The molecule has 0 bridgehead atoms. The first kappa shape index (κ1) is 19.5. The summed E-state index contributed by atoms with van der Waals surface area (Å²) in [5.41, 5.74) is 1.44. The number of anilines is 1. The second-order valence-corrected chi connectivity index (χ2v) is 7.59. The van der Waals surface area contributed by atoms with Gasteiger partial charge in [0, 0.05) is 23.3 Å². The summed E-state index contributed by atoms with van der Waals surface area (Å²) in [6, 6.07) is 7.74. The molecular weight excluding hydrogens is 362 g/mol. The molecule has 2 aromatic rings. The lowest BCUT2D eigenvalue weighted by Gasteiger charge is -2.14. The topological polar surface area (TPSA) is 84.2 Å². The van der Waals surface area contributed by atoms with Gasteiger partial charge in [0.2, 0.25) is 11.7 Å². The first-order valence-corrected chi connectivity index (χ1v) is 10.4. The molecule has 1 aliphatic carbocycles. The number of aromatic nitrogens is 1. The molecule has 6 nitrogen and oxygen atoms in total. The summed E-state index contributed by atoms with van der Waals surface area (Å²) in [5.74, 6) is 0.491. The van der Waals surface area contributed by atoms with Crippen LogP contribution in [0, 0.1) is 12.8 Å². The lowest BCUT2D eigenvalue weighted by Crippen LogP contribution is -2.34. The van der Waals surface area contributed by atoms with Gasteiger partial charge in [-0.1, -0.05) is 19.1 Å². The van der Waals surface area contributed by atoms with Crippen LogP contribution < -0.4 is 10.6 Å². The molecule has 0 unspecified atom stereocenters. The van der Waals surface area contributed by atoms with Gasteiger partial charge in [-0.3, -0.25) is 9.59 Å². The van der Waals surface area contributed by atoms with Gasteiger partial charge in [0.1, 0.15) is 0 Å². The molecule has 3 rings (SSSR count). The van der Waals surface area contributed by atoms with Gasteiger partial charge in [0.05, 0.1) is 11.4 Å². The number of aryl methyl sites for hydroxylation is 2. The third-order valence-corrected chi connectivity index (χ3v) is 5.65. The molecule has 2 atom stereocenters. The van der Waals surface area contributed by atoms with Crippen molar-refractivity contribution < 1.29 is 14.0 Å². The van der Waals surface area contributed by atoms with Crippen molar-refractivity contribution in [2.45, 2.75) is 50.5 Å². The standard InChI is InChI=1S/C20H25N3O3S/c1-4-17-21-12(2)18(26-17)20(25)22-14-10-9-13(11-14)19(24)23-15-7-5-6-8-16(15)27-3/h5-8,13-14H,4,9-11H2,1-3H3,(H,22,25)(H,23,24)/t13-,14+/m0/s1. The smallest absolute Gasteiger partial charge is 0.289 e. The van der Waals surface area contributed by atoms with Crippen LogP contribution in [0.2, 0.25) is 0 Å². The van der Waals surface area contributed by atoms with E-state index in [0.29, 0.717) is 24.4 Å². The zero-order valence-corrected chi connectivity index (χ0v) is 16.7. The van der Waals surface area contributed by atoms with E-state index < -0.39 is 0 Å². The number of hydrogen-bond acceptors (Lipinski definition) is 5. The van der Waals surface area contributed by atoms with Gasteiger partial charge < -0.3 is 15.1 Å². The van der Waals surface area contributed by atoms with Gasteiger partial charge in [-0.25, -0.2) is 4.98 Å². The van der Waals surface area contributed by atoms with Gasteiger partial charge in [0.25, 0.3) is 5.91 Å². The number of thioether (sulfide) groups is 1. The average Bonchev–Trinajstić information content (AvgIpc) is 3.28. The van der Waals surface area contributed by atoms with Crippen molar-refractivity contribution in [3.05, 3.63) is 41.6 Å². The van der Waals surface area contributed by atoms with Crippen LogP contribution in [0.15, 0.2) is 33.6 Å². The van der Waals surface area contributed by atoms with E-state index in [1.54, 1.807) is 18.7 Å². The fourth-order valence-electron chi connectivity index (χ4n) is 3.40. The van der Waals surface area contributed by atoms with Crippen LogP contribution in [0.5, 0.6) is 0 Å². The lowest BCUT2D eigenvalue weighted by molar-refractivity contribution is -0.119. The van der Waals surface area contributed by atoms with Crippen LogP contribution >= 0.6 is 11.8 Å². The van der Waals surface area contributed by atoms with Gasteiger partial charge >= 0.3 is 0 Å². The van der Waals surface area contributed by atoms with Crippen molar-refractivity contribution in [1.82, 2.24) is 10.3 Å². The number of carbonyl (C=O) groups excluding carboxylic acids is 2. The molecule has 1 fully saturated rings. The van der Waals surface area contributed by atoms with E-state index in [1.807, 2.05) is 37.4 Å². The van der Waals surface area contributed by atoms with Gasteiger partial charge in [-0.05, 0) is 44.6 Å². The predicted octanol–water partition coefficient (Wildman–Crippen LogP) is 3.80. The predicted molar refractivity (Wildman–Crippen MR) is 106 cm³/mol. The second-order valence-electron chi connectivity index (χ2n) is 6.75. The number of para-hydroxylation sites is 1. The Bertz CT molecular complexity index is 834. The molecule has 1 heterocycles. The van der Waals surface area contributed by atoms with Crippen LogP contribution in [-0.4, -0.2) is 29.1 Å². The highest BCUT2D eigenvalue weighted by Gasteiger charge is 2.32. The number of rotatable bonds is 6. The highest BCUT2D eigenvalue weighted by molar-refractivity contribution is 7.98. The average molecular weight is 388 g/mol. The number of oxazole rings is 1. The SMILES string of the molecule is CCc1nc(C)c(C(=O)N[C@@H]2CC[C@H](C(=O)Nc3ccccc3SC)C2)o1. The van der Waals surface area contributed by atoms with E-state index >= 15 is 0 Å². The Balaban J connectivity index is 1.57. The molecule has 7 heteroatoms. The molecule has 0 aliphatic heterocycles. The normalized spacial score (nSPS) is 19.1. The maximum absolute atomic E-state index is 12.6. The fourth-order valence-corrected chi connectivity index (χ4v) is 3.95. The molecule has 1 aromatic heterocycles. The van der Waals surface area contributed by atoms with Gasteiger partial charge in [-0.2, -0.15) is 0 Å². The third-order valence-electron chi connectivity index (χ3n) is 4.85. The van der Waals surface area contributed by atoms with Crippen LogP contribution in [0.4, 0.5) is 5.69 Å². The summed E-state index contributed by atoms with van der Waals surface area (Å²) < 4.78 is 5.51. The van der Waals surface area contributed by atoms with Crippen molar-refractivity contribution in [3.63, 3.8) is 0 Å². The zero-order valence-electron chi connectivity index (χ0n) is 15.9. The minimum Gasteiger partial charge on any atom is -0.435 e. The fraction of sp³-hybridized carbons (Fsp3) is 0.450. The summed E-state index contributed by atoms with van der Waals surface area (Å²) in [6.07, 6.45) is 4.81. The van der Waals surface area contributed by atoms with Gasteiger partial charge in [-0.15, -0.1) is 11.8 Å². The molecule has 1 aliphatic rings. The number of carbonyl (C=O) groups is 2. The Morgan fingerprint density at radius 2 is 2.07 bits per heavy atom. The largest absolute Gasteiger partial charge is 0.435 e. The van der Waals surface area contributed by atoms with Crippen molar-refractivity contribution in [1.29, 1.82) is 0 Å². The van der Waals surface area contributed by atoms with E-state index in [4.69, 9.17) is 4.42 Å². The number of amides is 2. The number of nitrogens with zero attached hydrogens (tertiary/aromatic N) is 1. The van der Waals surface area contributed by atoms with Crippen molar-refractivity contribution in [2.75, 3.05) is 11.6 Å². The van der Waals surface area contributed by atoms with Crippen LogP contribution in [-0.2, 0) is 11.2 Å². The zero-order chi connectivity index (χ0) is 19.4. The quantitative estimate of drug-likeness (QED) is 0.737. The van der Waals surface area contributed by atoms with Crippen molar-refractivity contribution >= 4 is 29.3 Å². The Kier molecular flexibility index (Phi) is 6.21. The number of hydrogen-bond donors (Lipinski definition) is 2. The molecule has 2 amide bonds. The second kappa shape index (κ2) is 8.61. The summed E-state index contributed by atoms with van der Waals surface area (Å²) >= 11 is 1.60. The summed E-state index contributed by atoms with van der Waals surface area (Å²) in [7, 11) is 0. The maximum atomic E-state index is 12.6. The number of benzene rings is 1. The minimum absolute atomic E-state index is 0.0114. The Morgan fingerprint density at radius 1 is 1.30 bits per heavy atom. The van der Waals surface area contributed by atoms with Crippen molar-refractivity contribution in [2.24, 2.45) is 5.92 Å². The monoisotopic (exact) mass is 387 g/mol. The molecule has 0 spiro atoms. The molecule has 144 valence electrons. The van der Waals surface area contributed by atoms with Crippen LogP contribution in [0.1, 0.15) is 48.3 Å². The Labute approximate surface area is 163 Å². The van der Waals surface area contributed by atoms with E-state index in [9.17, 15) is 9.59 Å². The first-order valence-electron chi connectivity index (χ1n) is 9.22. The molecule has 2 N–H and O–H groups in total. The molecule has 27 heavy (non-hydrogen) atoms. The summed E-state index contributed by atoms with van der Waals surface area (Å²) in [5, 5.41) is 6.02. The van der Waals surface area contributed by atoms with Crippen LogP contribution in [0.25, 0.3) is 0 Å². The Hall–Kier alpha value is -2.28. The summed E-state index contributed by atoms with van der Waals surface area (Å²) in [4.78, 5) is 30.4. The van der Waals surface area contributed by atoms with E-state index in [-0.39, 0.29) is 29.5 Å². The molecule has 1 saturated carbocycles. The minimum atomic E-state index is -0.251. The third kappa shape index (κ3) is 4.53. The van der Waals surface area contributed by atoms with E-state index in [1.165, 1.54) is 0 Å². The molecule has 0 saturated heterocycles. The molecule has 0 radical (unpaired) electrons. The number of nitrogens with one attached hydrogen (secondary N) is 2. The lowest BCUT2D eigenvalue weighted by atomic mass is 10.1. The van der Waals surface area contributed by atoms with Crippen LogP contribution in [0.3, 0.4) is 0 Å².